The van der Waals surface area contributed by atoms with E-state index >= 15 is 0 Å². The molecular weight excluding hydrogens is 211 g/mol. The maximum absolute atomic E-state index is 12.9. The zero-order valence-electron chi connectivity index (χ0n) is 8.51. The highest BCUT2D eigenvalue weighted by Gasteiger charge is 2.13. The number of hydrogen-bond donors (Lipinski definition) is 1. The van der Waals surface area contributed by atoms with Gasteiger partial charge >= 0.3 is 5.97 Å². The van der Waals surface area contributed by atoms with Gasteiger partial charge in [0.2, 0.25) is 0 Å². The first-order valence-corrected chi connectivity index (χ1v) is 4.62. The smallest absolute Gasteiger partial charge is 0.338 e. The number of benzene rings is 1. The van der Waals surface area contributed by atoms with E-state index in [0.29, 0.717) is 5.69 Å². The molecule has 5 heteroatoms. The van der Waals surface area contributed by atoms with E-state index in [1.807, 2.05) is 6.92 Å². The molecule has 0 saturated heterocycles. The van der Waals surface area contributed by atoms with Crippen LogP contribution >= 0.6 is 0 Å². The topological polar surface area (TPSA) is 55.1 Å². The molecule has 0 radical (unpaired) electrons. The molecule has 1 heterocycles. The second kappa shape index (κ2) is 3.77. The van der Waals surface area contributed by atoms with E-state index in [1.165, 1.54) is 16.8 Å². The van der Waals surface area contributed by atoms with Gasteiger partial charge in [-0.3, -0.25) is 0 Å². The Labute approximate surface area is 90.9 Å². The SMILES string of the molecule is Cc1cnn(-c2ccc(F)cc2C(=O)O)c1. The van der Waals surface area contributed by atoms with Gasteiger partial charge in [0.15, 0.2) is 0 Å². The molecule has 0 spiro atoms. The maximum atomic E-state index is 12.9. The molecule has 0 aliphatic heterocycles. The van der Waals surface area contributed by atoms with Crippen molar-refractivity contribution < 1.29 is 14.3 Å². The molecule has 16 heavy (non-hydrogen) atoms. The summed E-state index contributed by atoms with van der Waals surface area (Å²) in [5, 5.41) is 12.9. The minimum Gasteiger partial charge on any atom is -0.478 e. The molecular formula is C11H9FN2O2. The molecule has 0 amide bonds. The quantitative estimate of drug-likeness (QED) is 0.842. The number of aromatic nitrogens is 2. The van der Waals surface area contributed by atoms with Crippen LogP contribution in [-0.2, 0) is 0 Å². The van der Waals surface area contributed by atoms with Gasteiger partial charge in [-0.05, 0) is 30.7 Å². The molecule has 0 aliphatic carbocycles. The Morgan fingerprint density at radius 1 is 1.50 bits per heavy atom. The number of hydrogen-bond acceptors (Lipinski definition) is 2. The van der Waals surface area contributed by atoms with Crippen LogP contribution in [0, 0.1) is 12.7 Å². The van der Waals surface area contributed by atoms with Crippen molar-refractivity contribution in [3.05, 3.63) is 47.5 Å². The molecule has 4 nitrogen and oxygen atoms in total. The van der Waals surface area contributed by atoms with E-state index < -0.39 is 11.8 Å². The highest BCUT2D eigenvalue weighted by atomic mass is 19.1. The first-order valence-electron chi connectivity index (χ1n) is 4.62. The first kappa shape index (κ1) is 10.4. The Balaban J connectivity index is 2.60. The molecule has 1 aromatic carbocycles. The Kier molecular flexibility index (Phi) is 2.44. The normalized spacial score (nSPS) is 10.4. The fourth-order valence-corrected chi connectivity index (χ4v) is 1.42. The molecule has 0 bridgehead atoms. The molecule has 82 valence electrons. The molecule has 0 saturated carbocycles. The Hall–Kier alpha value is -2.17. The average Bonchev–Trinajstić information content (AvgIpc) is 2.64. The molecule has 2 aromatic rings. The van der Waals surface area contributed by atoms with Crippen LogP contribution in [0.4, 0.5) is 4.39 Å². The van der Waals surface area contributed by atoms with Crippen molar-refractivity contribution in [1.29, 1.82) is 0 Å². The van der Waals surface area contributed by atoms with Crippen LogP contribution in [0.25, 0.3) is 5.69 Å². The van der Waals surface area contributed by atoms with E-state index in [0.717, 1.165) is 11.6 Å². The number of rotatable bonds is 2. The fraction of sp³-hybridized carbons (Fsp3) is 0.0909. The van der Waals surface area contributed by atoms with Gasteiger partial charge in [0.25, 0.3) is 0 Å². The van der Waals surface area contributed by atoms with E-state index in [2.05, 4.69) is 5.10 Å². The monoisotopic (exact) mass is 220 g/mol. The summed E-state index contributed by atoms with van der Waals surface area (Å²) in [7, 11) is 0. The van der Waals surface area contributed by atoms with Gasteiger partial charge in [0, 0.05) is 6.20 Å². The van der Waals surface area contributed by atoms with Crippen molar-refractivity contribution in [2.75, 3.05) is 0 Å². The molecule has 0 aliphatic rings. The predicted molar refractivity (Wildman–Crippen MR) is 55.2 cm³/mol. The third-order valence-electron chi connectivity index (χ3n) is 2.15. The van der Waals surface area contributed by atoms with E-state index in [9.17, 15) is 9.18 Å². The van der Waals surface area contributed by atoms with Crippen molar-refractivity contribution in [3.8, 4) is 5.69 Å². The molecule has 0 fully saturated rings. The number of aromatic carboxylic acids is 1. The third-order valence-corrected chi connectivity index (χ3v) is 2.15. The van der Waals surface area contributed by atoms with E-state index in [4.69, 9.17) is 5.11 Å². The highest BCUT2D eigenvalue weighted by Crippen LogP contribution is 2.16. The van der Waals surface area contributed by atoms with Gasteiger partial charge in [-0.2, -0.15) is 5.10 Å². The van der Waals surface area contributed by atoms with Crippen LogP contribution in [0.15, 0.2) is 30.6 Å². The summed E-state index contributed by atoms with van der Waals surface area (Å²) in [4.78, 5) is 10.9. The number of nitrogens with zero attached hydrogens (tertiary/aromatic N) is 2. The summed E-state index contributed by atoms with van der Waals surface area (Å²) in [6, 6.07) is 3.58. The number of carboxylic acids is 1. The lowest BCUT2D eigenvalue weighted by molar-refractivity contribution is 0.0696. The summed E-state index contributed by atoms with van der Waals surface area (Å²) in [5.41, 5.74) is 1.14. The third kappa shape index (κ3) is 1.79. The van der Waals surface area contributed by atoms with E-state index in [1.54, 1.807) is 12.4 Å². The van der Waals surface area contributed by atoms with Gasteiger partial charge in [-0.25, -0.2) is 13.9 Å². The predicted octanol–water partition coefficient (Wildman–Crippen LogP) is 2.02. The molecule has 0 unspecified atom stereocenters. The lowest BCUT2D eigenvalue weighted by Gasteiger charge is -2.05. The number of carboxylic acid groups (broad SMARTS) is 1. The maximum Gasteiger partial charge on any atom is 0.338 e. The standard InChI is InChI=1S/C11H9FN2O2/c1-7-5-13-14(6-7)10-3-2-8(12)4-9(10)11(15)16/h2-6H,1H3,(H,15,16). The lowest BCUT2D eigenvalue weighted by Crippen LogP contribution is -2.06. The summed E-state index contributed by atoms with van der Waals surface area (Å²) in [6.45, 7) is 1.84. The Bertz CT molecular complexity index is 549. The van der Waals surface area contributed by atoms with Gasteiger partial charge < -0.3 is 5.11 Å². The minimum absolute atomic E-state index is 0.108. The average molecular weight is 220 g/mol. The van der Waals surface area contributed by atoms with Gasteiger partial charge in [0.1, 0.15) is 5.82 Å². The fourth-order valence-electron chi connectivity index (χ4n) is 1.42. The van der Waals surface area contributed by atoms with Crippen molar-refractivity contribution >= 4 is 5.97 Å². The van der Waals surface area contributed by atoms with Crippen molar-refractivity contribution in [1.82, 2.24) is 9.78 Å². The van der Waals surface area contributed by atoms with Gasteiger partial charge in [0.05, 0.1) is 17.4 Å². The molecule has 2 rings (SSSR count). The summed E-state index contributed by atoms with van der Waals surface area (Å²) < 4.78 is 14.4. The number of aryl methyl sites for hydroxylation is 1. The Morgan fingerprint density at radius 3 is 2.81 bits per heavy atom. The van der Waals surface area contributed by atoms with Crippen LogP contribution in [0.3, 0.4) is 0 Å². The van der Waals surface area contributed by atoms with E-state index in [-0.39, 0.29) is 5.56 Å². The van der Waals surface area contributed by atoms with Crippen molar-refractivity contribution in [2.24, 2.45) is 0 Å². The van der Waals surface area contributed by atoms with Gasteiger partial charge in [-0.1, -0.05) is 0 Å². The van der Waals surface area contributed by atoms with Crippen LogP contribution in [0.1, 0.15) is 15.9 Å². The number of halogens is 1. The van der Waals surface area contributed by atoms with Crippen molar-refractivity contribution in [2.45, 2.75) is 6.92 Å². The summed E-state index contributed by atoms with van der Waals surface area (Å²) in [6.07, 6.45) is 3.29. The van der Waals surface area contributed by atoms with Gasteiger partial charge in [-0.15, -0.1) is 0 Å². The van der Waals surface area contributed by atoms with Crippen LogP contribution in [0.2, 0.25) is 0 Å². The molecule has 1 aromatic heterocycles. The number of carbonyl (C=O) groups is 1. The molecule has 0 atom stereocenters. The van der Waals surface area contributed by atoms with Crippen LogP contribution in [-0.4, -0.2) is 20.9 Å². The minimum atomic E-state index is -1.18. The summed E-state index contributed by atoms with van der Waals surface area (Å²) >= 11 is 0. The lowest BCUT2D eigenvalue weighted by atomic mass is 10.2. The zero-order valence-corrected chi connectivity index (χ0v) is 8.51. The molecule has 1 N–H and O–H groups in total. The Morgan fingerprint density at radius 2 is 2.25 bits per heavy atom. The largest absolute Gasteiger partial charge is 0.478 e. The first-order chi connectivity index (χ1) is 7.58. The second-order valence-electron chi connectivity index (χ2n) is 3.43. The highest BCUT2D eigenvalue weighted by molar-refractivity contribution is 5.91. The van der Waals surface area contributed by atoms with Crippen molar-refractivity contribution in [3.63, 3.8) is 0 Å². The van der Waals surface area contributed by atoms with Crippen LogP contribution < -0.4 is 0 Å². The summed E-state index contributed by atoms with van der Waals surface area (Å²) in [5.74, 6) is -1.76. The zero-order chi connectivity index (χ0) is 11.7. The van der Waals surface area contributed by atoms with Crippen LogP contribution in [0.5, 0.6) is 0 Å². The second-order valence-corrected chi connectivity index (χ2v) is 3.43.